The molecule has 1 spiro atoms. The maximum absolute atomic E-state index is 12.8. The second-order valence-electron chi connectivity index (χ2n) is 7.30. The highest BCUT2D eigenvalue weighted by atomic mass is 35.5. The van der Waals surface area contributed by atoms with Crippen LogP contribution in [-0.2, 0) is 4.74 Å². The van der Waals surface area contributed by atoms with Crippen LogP contribution in [0.1, 0.15) is 36.7 Å². The fraction of sp³-hybridized carbons (Fsp3) is 0.556. The van der Waals surface area contributed by atoms with Gasteiger partial charge < -0.3 is 20.5 Å². The summed E-state index contributed by atoms with van der Waals surface area (Å²) in [7, 11) is 0. The minimum Gasteiger partial charge on any atom is -0.388 e. The highest BCUT2D eigenvalue weighted by Crippen LogP contribution is 2.38. The number of aromatic nitrogens is 3. The average molecular weight is 426 g/mol. The van der Waals surface area contributed by atoms with Crippen LogP contribution in [0.5, 0.6) is 0 Å². The molecule has 4 heterocycles. The highest BCUT2D eigenvalue weighted by Gasteiger charge is 2.53. The lowest BCUT2D eigenvalue weighted by Gasteiger charge is -2.52. The van der Waals surface area contributed by atoms with Gasteiger partial charge in [0.2, 0.25) is 0 Å². The van der Waals surface area contributed by atoms with Gasteiger partial charge in [-0.25, -0.2) is 15.0 Å². The van der Waals surface area contributed by atoms with E-state index in [9.17, 15) is 9.90 Å². The molecule has 2 aromatic heterocycles. The first kappa shape index (κ1) is 21.1. The Morgan fingerprint density at radius 2 is 2.04 bits per heavy atom. The molecule has 0 saturated carbocycles. The van der Waals surface area contributed by atoms with Crippen molar-refractivity contribution in [3.05, 3.63) is 29.5 Å². The molecule has 3 N–H and O–H groups in total. The van der Waals surface area contributed by atoms with Gasteiger partial charge in [0.25, 0.3) is 5.91 Å². The van der Waals surface area contributed by atoms with Crippen molar-refractivity contribution in [2.75, 3.05) is 19.7 Å². The lowest BCUT2D eigenvalue weighted by molar-refractivity contribution is -0.197. The fourth-order valence-corrected chi connectivity index (χ4v) is 4.62. The number of rotatable bonds is 3. The zero-order chi connectivity index (χ0) is 18.9. The third kappa shape index (κ3) is 3.90. The number of nitrogens with zero attached hydrogens (tertiary/aromatic N) is 3. The molecule has 2 aliphatic heterocycles. The van der Waals surface area contributed by atoms with Crippen molar-refractivity contribution in [3.8, 4) is 10.8 Å². The van der Waals surface area contributed by atoms with Crippen molar-refractivity contribution in [2.45, 2.75) is 43.4 Å². The van der Waals surface area contributed by atoms with E-state index in [-0.39, 0.29) is 18.3 Å². The topological polar surface area (TPSA) is 109 Å². The summed E-state index contributed by atoms with van der Waals surface area (Å²) in [5.41, 5.74) is -1.06. The lowest BCUT2D eigenvalue weighted by atomic mass is 9.73. The second-order valence-corrected chi connectivity index (χ2v) is 8.16. The summed E-state index contributed by atoms with van der Waals surface area (Å²) in [6.07, 6.45) is 4.51. The number of amides is 1. The number of aliphatic hydroxyl groups excluding tert-OH is 1. The number of carbonyl (C=O) groups excluding carboxylic acids is 1. The third-order valence-corrected chi connectivity index (χ3v) is 6.29. The van der Waals surface area contributed by atoms with E-state index in [1.54, 1.807) is 23.8 Å². The van der Waals surface area contributed by atoms with E-state index in [4.69, 9.17) is 4.74 Å². The van der Waals surface area contributed by atoms with Gasteiger partial charge in [-0.15, -0.1) is 23.7 Å². The van der Waals surface area contributed by atoms with Gasteiger partial charge in [-0.3, -0.25) is 4.79 Å². The monoisotopic (exact) mass is 425 g/mol. The van der Waals surface area contributed by atoms with Gasteiger partial charge in [0, 0.05) is 24.4 Å². The number of ether oxygens (including phenoxy) is 1. The van der Waals surface area contributed by atoms with Gasteiger partial charge in [0.05, 0.1) is 11.1 Å². The predicted octanol–water partition coefficient (Wildman–Crippen LogP) is 1.41. The Kier molecular flexibility index (Phi) is 6.31. The molecule has 0 radical (unpaired) electrons. The van der Waals surface area contributed by atoms with Crippen LogP contribution >= 0.6 is 23.7 Å². The molecule has 0 bridgehead atoms. The van der Waals surface area contributed by atoms with Gasteiger partial charge in [-0.05, 0) is 45.3 Å². The summed E-state index contributed by atoms with van der Waals surface area (Å²) in [5, 5.41) is 19.7. The summed E-state index contributed by atoms with van der Waals surface area (Å²) in [6, 6.07) is 1.73. The summed E-state index contributed by atoms with van der Waals surface area (Å²) in [6.45, 7) is 3.99. The number of hydrogen-bond acceptors (Lipinski definition) is 8. The highest BCUT2D eigenvalue weighted by molar-refractivity contribution is 7.13. The molecular weight excluding hydrogens is 402 g/mol. The van der Waals surface area contributed by atoms with E-state index in [0.29, 0.717) is 29.6 Å². The molecule has 4 rings (SSSR count). The molecule has 0 unspecified atom stereocenters. The molecule has 1 amide bonds. The largest absolute Gasteiger partial charge is 0.388 e. The van der Waals surface area contributed by atoms with Gasteiger partial charge in [0.15, 0.2) is 10.8 Å². The first-order valence-corrected chi connectivity index (χ1v) is 9.99. The van der Waals surface area contributed by atoms with Crippen molar-refractivity contribution in [1.29, 1.82) is 0 Å². The first-order chi connectivity index (χ1) is 13.0. The molecule has 10 heteroatoms. The van der Waals surface area contributed by atoms with Crippen molar-refractivity contribution < 1.29 is 14.6 Å². The van der Waals surface area contributed by atoms with E-state index in [0.717, 1.165) is 25.9 Å². The third-order valence-electron chi connectivity index (χ3n) is 5.46. The number of halogens is 1. The van der Waals surface area contributed by atoms with Crippen molar-refractivity contribution in [3.63, 3.8) is 0 Å². The van der Waals surface area contributed by atoms with Crippen LogP contribution in [0.4, 0.5) is 0 Å². The molecule has 2 saturated heterocycles. The van der Waals surface area contributed by atoms with Gasteiger partial charge in [-0.2, -0.15) is 0 Å². The fourth-order valence-electron chi connectivity index (χ4n) is 3.87. The number of piperidine rings is 1. The summed E-state index contributed by atoms with van der Waals surface area (Å²) < 4.78 is 5.99. The Morgan fingerprint density at radius 3 is 2.75 bits per heavy atom. The molecule has 2 atom stereocenters. The molecule has 2 fully saturated rings. The number of aliphatic hydroxyl groups is 1. The molecule has 8 nitrogen and oxygen atoms in total. The summed E-state index contributed by atoms with van der Waals surface area (Å²) >= 11 is 1.32. The molecule has 0 aromatic carbocycles. The van der Waals surface area contributed by atoms with Gasteiger partial charge in [0.1, 0.15) is 11.8 Å². The zero-order valence-corrected chi connectivity index (χ0v) is 17.2. The second kappa shape index (κ2) is 8.38. The van der Waals surface area contributed by atoms with E-state index < -0.39 is 17.2 Å². The number of carbonyl (C=O) groups is 1. The van der Waals surface area contributed by atoms with E-state index in [1.807, 2.05) is 6.92 Å². The summed E-state index contributed by atoms with van der Waals surface area (Å²) in [5.74, 6) is 0.188. The normalized spacial score (nSPS) is 26.4. The standard InChI is InChI=1S/C18H23N5O3S.ClH/c1-17(5-10-26-18(16(17)25)3-8-19-9-4-18)23-14(24)12-11-27-15(22-12)13-20-6-2-7-21-13;/h2,6-7,11,16,19,25H,3-5,8-10H2,1H3,(H,23,24);1H/t16-,17+;/m0./s1. The van der Waals surface area contributed by atoms with Crippen LogP contribution in [0.15, 0.2) is 23.8 Å². The average Bonchev–Trinajstić information content (AvgIpc) is 3.18. The molecule has 152 valence electrons. The summed E-state index contributed by atoms with van der Waals surface area (Å²) in [4.78, 5) is 25.5. The van der Waals surface area contributed by atoms with E-state index in [2.05, 4.69) is 25.6 Å². The quantitative estimate of drug-likeness (QED) is 0.682. The van der Waals surface area contributed by atoms with Crippen LogP contribution in [0.3, 0.4) is 0 Å². The Hall–Kier alpha value is -1.65. The SMILES string of the molecule is C[C@@]1(NC(=O)c2csc(-c3ncccn3)n2)CCOC2(CCNCC2)[C@H]1O.Cl. The number of nitrogens with one attached hydrogen (secondary N) is 2. The Bertz CT molecular complexity index is 809. The molecule has 28 heavy (non-hydrogen) atoms. The minimum absolute atomic E-state index is 0. The van der Waals surface area contributed by atoms with Crippen LogP contribution in [0.2, 0.25) is 0 Å². The Labute approximate surface area is 173 Å². The van der Waals surface area contributed by atoms with Crippen LogP contribution in [0.25, 0.3) is 10.8 Å². The smallest absolute Gasteiger partial charge is 0.271 e. The zero-order valence-electron chi connectivity index (χ0n) is 15.6. The van der Waals surface area contributed by atoms with Gasteiger partial charge >= 0.3 is 0 Å². The Morgan fingerprint density at radius 1 is 1.32 bits per heavy atom. The molecule has 2 aromatic rings. The minimum atomic E-state index is -0.777. The van der Waals surface area contributed by atoms with Gasteiger partial charge in [-0.1, -0.05) is 0 Å². The van der Waals surface area contributed by atoms with Crippen molar-refractivity contribution >= 4 is 29.7 Å². The lowest BCUT2D eigenvalue weighted by Crippen LogP contribution is -2.69. The molecular formula is C18H24ClN5O3S. The molecule has 2 aliphatic rings. The maximum Gasteiger partial charge on any atom is 0.271 e. The molecule has 0 aliphatic carbocycles. The van der Waals surface area contributed by atoms with Crippen LogP contribution in [-0.4, -0.2) is 62.9 Å². The van der Waals surface area contributed by atoms with Crippen molar-refractivity contribution in [1.82, 2.24) is 25.6 Å². The first-order valence-electron chi connectivity index (χ1n) is 9.11. The van der Waals surface area contributed by atoms with Crippen LogP contribution in [0, 0.1) is 0 Å². The number of thiazole rings is 1. The number of hydrogen-bond donors (Lipinski definition) is 3. The van der Waals surface area contributed by atoms with E-state index >= 15 is 0 Å². The van der Waals surface area contributed by atoms with E-state index in [1.165, 1.54) is 11.3 Å². The van der Waals surface area contributed by atoms with Crippen LogP contribution < -0.4 is 10.6 Å². The Balaban J connectivity index is 0.00000225. The van der Waals surface area contributed by atoms with Crippen molar-refractivity contribution in [2.24, 2.45) is 0 Å². The maximum atomic E-state index is 12.8. The predicted molar refractivity (Wildman–Crippen MR) is 108 cm³/mol.